The maximum Gasteiger partial charge on any atom is 0.330 e. The normalized spacial score (nSPS) is 10.7. The van der Waals surface area contributed by atoms with Crippen molar-refractivity contribution in [1.82, 2.24) is 9.55 Å². The van der Waals surface area contributed by atoms with Crippen molar-refractivity contribution in [3.63, 3.8) is 0 Å². The third-order valence-electron chi connectivity index (χ3n) is 3.26. The Labute approximate surface area is 172 Å². The van der Waals surface area contributed by atoms with E-state index in [0.29, 0.717) is 10.8 Å². The molecule has 8 nitrogen and oxygen atoms in total. The first-order valence-corrected chi connectivity index (χ1v) is 9.15. The first kappa shape index (κ1) is 21.5. The molecule has 1 aromatic carbocycles. The van der Waals surface area contributed by atoms with Crippen molar-refractivity contribution in [3.05, 3.63) is 59.2 Å². The Kier molecular flexibility index (Phi) is 7.91. The van der Waals surface area contributed by atoms with Gasteiger partial charge in [-0.05, 0) is 34.1 Å². The number of nitrogens with zero attached hydrogens (tertiary/aromatic N) is 1. The van der Waals surface area contributed by atoms with Crippen molar-refractivity contribution >= 4 is 45.1 Å². The second-order valence-electron chi connectivity index (χ2n) is 5.19. The summed E-state index contributed by atoms with van der Waals surface area (Å²) in [4.78, 5) is 36.9. The highest BCUT2D eigenvalue weighted by Gasteiger charge is 2.15. The largest absolute Gasteiger partial charge is 0.486 e. The zero-order chi connectivity index (χ0) is 20.0. The molecule has 0 saturated heterocycles. The van der Waals surface area contributed by atoms with Gasteiger partial charge < -0.3 is 14.2 Å². The van der Waals surface area contributed by atoms with Gasteiger partial charge in [0.05, 0.1) is 17.3 Å². The Morgan fingerprint density at radius 3 is 2.67 bits per heavy atom. The molecule has 2 aromatic rings. The summed E-state index contributed by atoms with van der Waals surface area (Å²) in [5.74, 6) is -0.0977. The van der Waals surface area contributed by atoms with Crippen molar-refractivity contribution in [1.29, 1.82) is 0 Å². The predicted octanol–water partition coefficient (Wildman–Crippen LogP) is 2.72. The second-order valence-corrected chi connectivity index (χ2v) is 6.83. The molecule has 1 aromatic heterocycles. The van der Waals surface area contributed by atoms with Gasteiger partial charge in [0.1, 0.15) is 30.2 Å². The third kappa shape index (κ3) is 6.10. The summed E-state index contributed by atoms with van der Waals surface area (Å²) in [6, 6.07) is 4.68. The van der Waals surface area contributed by atoms with Crippen LogP contribution in [-0.4, -0.2) is 28.7 Å². The number of hydrogen-bond acceptors (Lipinski definition) is 6. The van der Waals surface area contributed by atoms with Crippen molar-refractivity contribution in [2.45, 2.75) is 20.3 Å². The van der Waals surface area contributed by atoms with E-state index in [1.807, 2.05) is 0 Å². The average molecular weight is 482 g/mol. The van der Waals surface area contributed by atoms with Crippen LogP contribution in [0.15, 0.2) is 32.3 Å². The van der Waals surface area contributed by atoms with Gasteiger partial charge in [-0.15, -0.1) is 0 Å². The van der Waals surface area contributed by atoms with E-state index in [1.165, 1.54) is 17.6 Å². The van der Waals surface area contributed by atoms with Crippen molar-refractivity contribution in [2.24, 2.45) is 0 Å². The van der Waals surface area contributed by atoms with E-state index in [1.54, 1.807) is 12.1 Å². The molecule has 0 saturated carbocycles. The number of benzene rings is 1. The standard InChI is InChI=1S/C16H15BrCl2N2O6/c1-9(22)26-5-4-25-8-21-12(14(17)15(23)20-16(21)24)7-27-13-3-2-10(18)6-11(13)19/h2-3,6H,4-5,7-8H2,1H3,(H,20,23,24). The van der Waals surface area contributed by atoms with Crippen LogP contribution in [0.3, 0.4) is 0 Å². The lowest BCUT2D eigenvalue weighted by Gasteiger charge is -2.15. The quantitative estimate of drug-likeness (QED) is 0.459. The van der Waals surface area contributed by atoms with Gasteiger partial charge in [-0.2, -0.15) is 0 Å². The molecule has 27 heavy (non-hydrogen) atoms. The third-order valence-corrected chi connectivity index (χ3v) is 4.60. The number of H-pyrrole nitrogens is 1. The van der Waals surface area contributed by atoms with E-state index >= 15 is 0 Å². The van der Waals surface area contributed by atoms with Gasteiger partial charge in [0.25, 0.3) is 5.56 Å². The van der Waals surface area contributed by atoms with Crippen molar-refractivity contribution in [2.75, 3.05) is 13.2 Å². The van der Waals surface area contributed by atoms with Gasteiger partial charge in [0.15, 0.2) is 0 Å². The van der Waals surface area contributed by atoms with Crippen LogP contribution in [-0.2, 0) is 27.6 Å². The number of hydrogen-bond donors (Lipinski definition) is 1. The van der Waals surface area contributed by atoms with Crippen LogP contribution in [0.5, 0.6) is 5.75 Å². The van der Waals surface area contributed by atoms with Crippen LogP contribution in [0.4, 0.5) is 0 Å². The highest BCUT2D eigenvalue weighted by Crippen LogP contribution is 2.28. The Morgan fingerprint density at radius 2 is 2.00 bits per heavy atom. The van der Waals surface area contributed by atoms with E-state index < -0.39 is 17.2 Å². The van der Waals surface area contributed by atoms with Crippen LogP contribution < -0.4 is 16.0 Å². The number of carbonyl (C=O) groups is 1. The number of esters is 1. The molecular formula is C16H15BrCl2N2O6. The molecule has 0 aliphatic heterocycles. The van der Waals surface area contributed by atoms with E-state index in [2.05, 4.69) is 20.9 Å². The first-order valence-electron chi connectivity index (χ1n) is 7.60. The van der Waals surface area contributed by atoms with E-state index in [-0.39, 0.29) is 41.7 Å². The molecule has 0 atom stereocenters. The minimum atomic E-state index is -0.670. The minimum absolute atomic E-state index is 0.0425. The fourth-order valence-electron chi connectivity index (χ4n) is 2.01. The summed E-state index contributed by atoms with van der Waals surface area (Å²) in [7, 11) is 0. The number of ether oxygens (including phenoxy) is 3. The molecule has 0 radical (unpaired) electrons. The van der Waals surface area contributed by atoms with Crippen molar-refractivity contribution < 1.29 is 19.0 Å². The molecule has 0 fully saturated rings. The summed E-state index contributed by atoms with van der Waals surface area (Å²) in [5.41, 5.74) is -1.02. The van der Waals surface area contributed by atoms with Crippen molar-refractivity contribution in [3.8, 4) is 5.75 Å². The summed E-state index contributed by atoms with van der Waals surface area (Å²) in [6.07, 6.45) is 0. The fourth-order valence-corrected chi connectivity index (χ4v) is 2.90. The molecule has 0 unspecified atom stereocenters. The zero-order valence-electron chi connectivity index (χ0n) is 14.1. The molecule has 1 heterocycles. The lowest BCUT2D eigenvalue weighted by molar-refractivity contribution is -0.142. The SMILES string of the molecule is CC(=O)OCCOCn1c(COc2ccc(Cl)cc2Cl)c(Br)c(=O)[nH]c1=O. The molecule has 0 amide bonds. The maximum atomic E-state index is 12.1. The highest BCUT2D eigenvalue weighted by atomic mass is 79.9. The van der Waals surface area contributed by atoms with E-state index in [0.717, 1.165) is 0 Å². The van der Waals surface area contributed by atoms with Crippen LogP contribution in [0.2, 0.25) is 10.0 Å². The monoisotopic (exact) mass is 480 g/mol. The summed E-state index contributed by atoms with van der Waals surface area (Å²) < 4.78 is 17.0. The number of carbonyl (C=O) groups excluding carboxylic acids is 1. The molecule has 0 spiro atoms. The number of aromatic nitrogens is 2. The molecule has 2 rings (SSSR count). The number of rotatable bonds is 8. The predicted molar refractivity (Wildman–Crippen MR) is 102 cm³/mol. The Morgan fingerprint density at radius 1 is 1.26 bits per heavy atom. The molecule has 146 valence electrons. The zero-order valence-corrected chi connectivity index (χ0v) is 17.2. The number of aromatic amines is 1. The number of halogens is 3. The maximum absolute atomic E-state index is 12.1. The average Bonchev–Trinajstić information content (AvgIpc) is 2.59. The topological polar surface area (TPSA) is 99.6 Å². The van der Waals surface area contributed by atoms with Crippen LogP contribution in [0.1, 0.15) is 12.6 Å². The highest BCUT2D eigenvalue weighted by molar-refractivity contribution is 9.10. The first-order chi connectivity index (χ1) is 12.8. The van der Waals surface area contributed by atoms with Gasteiger partial charge in [0.2, 0.25) is 0 Å². The van der Waals surface area contributed by atoms with E-state index in [9.17, 15) is 14.4 Å². The minimum Gasteiger partial charge on any atom is -0.486 e. The molecule has 0 bridgehead atoms. The molecule has 1 N–H and O–H groups in total. The van der Waals surface area contributed by atoms with Gasteiger partial charge in [-0.25, -0.2) is 4.79 Å². The Bertz CT molecular complexity index is 943. The smallest absolute Gasteiger partial charge is 0.330 e. The van der Waals surface area contributed by atoms with Gasteiger partial charge in [-0.1, -0.05) is 23.2 Å². The molecule has 11 heteroatoms. The molecular weight excluding hydrogens is 467 g/mol. The Hall–Kier alpha value is -1.81. The van der Waals surface area contributed by atoms with E-state index in [4.69, 9.17) is 37.4 Å². The van der Waals surface area contributed by atoms with Gasteiger partial charge in [0, 0.05) is 11.9 Å². The molecule has 0 aliphatic rings. The van der Waals surface area contributed by atoms with Crippen LogP contribution in [0, 0.1) is 0 Å². The fraction of sp³-hybridized carbons (Fsp3) is 0.312. The summed E-state index contributed by atoms with van der Waals surface area (Å²) in [6.45, 7) is 1.09. The van der Waals surface area contributed by atoms with Gasteiger partial charge in [-0.3, -0.25) is 19.1 Å². The summed E-state index contributed by atoms with van der Waals surface area (Å²) in [5, 5.41) is 0.734. The second kappa shape index (κ2) is 9.93. The lowest BCUT2D eigenvalue weighted by Crippen LogP contribution is -2.35. The summed E-state index contributed by atoms with van der Waals surface area (Å²) >= 11 is 15.0. The Balaban J connectivity index is 2.17. The number of nitrogens with one attached hydrogen (secondary N) is 1. The van der Waals surface area contributed by atoms with Gasteiger partial charge >= 0.3 is 11.7 Å². The van der Waals surface area contributed by atoms with Crippen LogP contribution >= 0.6 is 39.1 Å². The van der Waals surface area contributed by atoms with Crippen LogP contribution in [0.25, 0.3) is 0 Å². The lowest BCUT2D eigenvalue weighted by atomic mass is 10.3. The molecule has 0 aliphatic carbocycles.